The highest BCUT2D eigenvalue weighted by Crippen LogP contribution is 2.35. The minimum absolute atomic E-state index is 0.621. The van der Waals surface area contributed by atoms with E-state index in [1.807, 2.05) is 6.07 Å². The second-order valence-electron chi connectivity index (χ2n) is 7.10. The van der Waals surface area contributed by atoms with Gasteiger partial charge in [-0.05, 0) is 48.6 Å². The van der Waals surface area contributed by atoms with Gasteiger partial charge in [0.15, 0.2) is 13.6 Å². The molecule has 3 rings (SSSR count). The van der Waals surface area contributed by atoms with Gasteiger partial charge in [-0.2, -0.15) is 0 Å². The van der Waals surface area contributed by atoms with E-state index in [1.54, 1.807) is 11.3 Å². The van der Waals surface area contributed by atoms with E-state index in [-0.39, 0.29) is 0 Å². The lowest BCUT2D eigenvalue weighted by Crippen LogP contribution is -2.06. The molecule has 2 heterocycles. The second kappa shape index (κ2) is 9.14. The third-order valence-electron chi connectivity index (χ3n) is 5.17. The third-order valence-corrected chi connectivity index (χ3v) is 7.00. The van der Waals surface area contributed by atoms with Gasteiger partial charge in [0.05, 0.1) is 0 Å². The van der Waals surface area contributed by atoms with Crippen LogP contribution in [0.5, 0.6) is 0 Å². The molecule has 1 fully saturated rings. The molecule has 0 spiro atoms. The summed E-state index contributed by atoms with van der Waals surface area (Å²) in [6, 6.07) is 2.02. The van der Waals surface area contributed by atoms with Crippen molar-refractivity contribution in [2.24, 2.45) is 5.92 Å². The van der Waals surface area contributed by atoms with Gasteiger partial charge >= 0.3 is 0 Å². The molecule has 1 aliphatic heterocycles. The molecular weight excluding hydrogens is 354 g/mol. The zero-order valence-electron chi connectivity index (χ0n) is 15.6. The molecule has 0 atom stereocenters. The first-order valence-electron chi connectivity index (χ1n) is 9.51. The van der Waals surface area contributed by atoms with Gasteiger partial charge in [-0.15, -0.1) is 16.7 Å². The molecule has 1 nitrogen and oxygen atoms in total. The number of aldehydes is 1. The van der Waals surface area contributed by atoms with Crippen molar-refractivity contribution in [1.29, 1.82) is 0 Å². The molecule has 0 amide bonds. The number of allylic oxidation sites excluding steroid dienone is 4. The van der Waals surface area contributed by atoms with E-state index < -0.39 is 0 Å². The van der Waals surface area contributed by atoms with Crippen LogP contribution in [0.2, 0.25) is 6.32 Å². The molecule has 0 aromatic carbocycles. The van der Waals surface area contributed by atoms with Crippen LogP contribution in [0, 0.1) is 5.92 Å². The molecule has 1 aliphatic carbocycles. The topological polar surface area (TPSA) is 17.1 Å². The van der Waals surface area contributed by atoms with Gasteiger partial charge in [0, 0.05) is 15.3 Å². The van der Waals surface area contributed by atoms with Crippen LogP contribution >= 0.6 is 23.6 Å². The summed E-state index contributed by atoms with van der Waals surface area (Å²) >= 11 is 7.34. The summed E-state index contributed by atoms with van der Waals surface area (Å²) in [5.74, 6) is 0.621. The van der Waals surface area contributed by atoms with Crippen molar-refractivity contribution in [3.8, 4) is 0 Å². The molecule has 26 heavy (non-hydrogen) atoms. The van der Waals surface area contributed by atoms with Gasteiger partial charge in [0.25, 0.3) is 0 Å². The molecule has 5 heteroatoms. The first-order chi connectivity index (χ1) is 12.6. The van der Waals surface area contributed by atoms with Gasteiger partial charge in [0.2, 0.25) is 0 Å². The van der Waals surface area contributed by atoms with E-state index in [2.05, 4.69) is 46.6 Å². The Morgan fingerprint density at radius 3 is 2.85 bits per heavy atom. The monoisotopic (exact) mass is 378 g/mol. The second-order valence-corrected chi connectivity index (χ2v) is 8.67. The highest BCUT2D eigenvalue weighted by Gasteiger charge is 2.20. The van der Waals surface area contributed by atoms with Crippen LogP contribution in [0.25, 0.3) is 11.0 Å². The molecule has 0 unspecified atom stereocenters. The Hall–Kier alpha value is -1.19. The van der Waals surface area contributed by atoms with E-state index in [4.69, 9.17) is 12.2 Å². The van der Waals surface area contributed by atoms with Crippen molar-refractivity contribution in [3.63, 3.8) is 0 Å². The number of thiophene rings is 1. The molecule has 1 aromatic rings. The zero-order valence-corrected chi connectivity index (χ0v) is 17.2. The highest BCUT2D eigenvalue weighted by molar-refractivity contribution is 7.80. The third kappa shape index (κ3) is 4.55. The van der Waals surface area contributed by atoms with Crippen LogP contribution in [-0.2, 0) is 0 Å². The molecule has 2 radical (unpaired) electrons. The van der Waals surface area contributed by atoms with E-state index in [0.29, 0.717) is 5.92 Å². The van der Waals surface area contributed by atoms with Crippen molar-refractivity contribution < 1.29 is 4.79 Å². The van der Waals surface area contributed by atoms with Crippen LogP contribution in [0.15, 0.2) is 29.7 Å². The quantitative estimate of drug-likeness (QED) is 0.316. The Bertz CT molecular complexity index is 780. The minimum Gasteiger partial charge on any atom is -0.298 e. The van der Waals surface area contributed by atoms with Crippen molar-refractivity contribution in [1.82, 2.24) is 0 Å². The highest BCUT2D eigenvalue weighted by atomic mass is 32.1. The summed E-state index contributed by atoms with van der Waals surface area (Å²) in [5, 5.41) is 1.25. The fourth-order valence-electron chi connectivity index (χ4n) is 3.68. The number of hydrogen-bond donors (Lipinski definition) is 0. The van der Waals surface area contributed by atoms with E-state index in [9.17, 15) is 4.79 Å². The average molecular weight is 378 g/mol. The van der Waals surface area contributed by atoms with E-state index >= 15 is 0 Å². The Kier molecular flexibility index (Phi) is 6.88. The number of carbonyl (C=O) groups is 1. The molecule has 0 saturated heterocycles. The van der Waals surface area contributed by atoms with E-state index in [0.717, 1.165) is 39.9 Å². The van der Waals surface area contributed by atoms with Gasteiger partial charge in [0.1, 0.15) is 7.28 Å². The summed E-state index contributed by atoms with van der Waals surface area (Å²) in [7, 11) is 4.41. The molecule has 1 aromatic heterocycles. The fraction of sp³-hybridized carbons (Fsp3) is 0.429. The molecule has 2 aliphatic rings. The largest absolute Gasteiger partial charge is 0.298 e. The smallest absolute Gasteiger partial charge is 0.176 e. The first-order valence-corrected chi connectivity index (χ1v) is 10.7. The summed E-state index contributed by atoms with van der Waals surface area (Å²) in [6.45, 7) is 4.24. The van der Waals surface area contributed by atoms with Crippen LogP contribution in [0.3, 0.4) is 0 Å². The lowest BCUT2D eigenvalue weighted by Gasteiger charge is -2.09. The summed E-state index contributed by atoms with van der Waals surface area (Å²) in [5.41, 5.74) is 3.14. The van der Waals surface area contributed by atoms with Crippen molar-refractivity contribution in [2.75, 3.05) is 0 Å². The Balaban J connectivity index is 1.71. The van der Waals surface area contributed by atoms with E-state index in [1.165, 1.54) is 41.4 Å². The molecule has 0 N–H and O–H groups in total. The van der Waals surface area contributed by atoms with Gasteiger partial charge < -0.3 is 0 Å². The number of carbonyl (C=O) groups excluding carboxylic acids is 1. The van der Waals surface area contributed by atoms with Gasteiger partial charge in [-0.25, -0.2) is 0 Å². The average Bonchev–Trinajstić information content (AvgIpc) is 3.38. The predicted octanol–water partition coefficient (Wildman–Crippen LogP) is 5.96. The maximum absolute atomic E-state index is 11.6. The number of rotatable bonds is 8. The summed E-state index contributed by atoms with van der Waals surface area (Å²) in [4.78, 5) is 15.0. The number of hydrogen-bond acceptors (Lipinski definition) is 3. The molecule has 1 saturated carbocycles. The molecule has 132 valence electrons. The van der Waals surface area contributed by atoms with Crippen LogP contribution in [0.4, 0.5) is 0 Å². The summed E-state index contributed by atoms with van der Waals surface area (Å²) < 4.78 is 0. The predicted molar refractivity (Wildman–Crippen MR) is 121 cm³/mol. The normalized spacial score (nSPS) is 17.7. The SMILES string of the molecule is CC[B]C1=CC=C(c2cc(C=O)c(/C(C)=C/CC(=S)C3CCCC3)s2)[B]1. The lowest BCUT2D eigenvalue weighted by molar-refractivity contribution is 0.112. The van der Waals surface area contributed by atoms with Crippen LogP contribution in [-0.4, -0.2) is 25.7 Å². The first kappa shape index (κ1) is 19.6. The van der Waals surface area contributed by atoms with Gasteiger partial charge in [-0.3, -0.25) is 4.79 Å². The molecular formula is C21H24B2OS2. The minimum atomic E-state index is 0.621. The fourth-order valence-corrected chi connectivity index (χ4v) is 5.12. The molecule has 0 bridgehead atoms. The Morgan fingerprint density at radius 2 is 2.15 bits per heavy atom. The van der Waals surface area contributed by atoms with Crippen molar-refractivity contribution >= 4 is 60.3 Å². The number of thiocarbonyl (C=S) groups is 1. The Labute approximate surface area is 168 Å². The van der Waals surface area contributed by atoms with Crippen molar-refractivity contribution in [2.45, 2.75) is 52.3 Å². The van der Waals surface area contributed by atoms with Gasteiger partial charge in [-0.1, -0.05) is 62.0 Å². The zero-order chi connectivity index (χ0) is 18.5. The van der Waals surface area contributed by atoms with Crippen molar-refractivity contribution in [3.05, 3.63) is 45.0 Å². The standard InChI is InChI=1S/C21H24B2OS2/c1-3-22-20-11-9-17(23-20)19-12-16(13-24)21(26-19)14(2)8-10-18(25)15-6-4-5-7-15/h8-9,11-13,15H,3-7,10H2,1-2H3/b14-8+. The maximum atomic E-state index is 11.6. The summed E-state index contributed by atoms with van der Waals surface area (Å²) in [6.07, 6.45) is 14.5. The Morgan fingerprint density at radius 1 is 1.38 bits per heavy atom. The van der Waals surface area contributed by atoms with Crippen LogP contribution in [0.1, 0.15) is 66.1 Å². The maximum Gasteiger partial charge on any atom is 0.176 e. The lowest BCUT2D eigenvalue weighted by atomic mass is 9.48. The van der Waals surface area contributed by atoms with Crippen LogP contribution < -0.4 is 0 Å².